The lowest BCUT2D eigenvalue weighted by molar-refractivity contribution is 0.200. The molecule has 5 rings (SSSR count). The molecule has 0 fully saturated rings. The highest BCUT2D eigenvalue weighted by Crippen LogP contribution is 2.65. The quantitative estimate of drug-likeness (QED) is 0.656. The van der Waals surface area contributed by atoms with Crippen molar-refractivity contribution in [2.24, 2.45) is 5.41 Å². The van der Waals surface area contributed by atoms with Crippen molar-refractivity contribution >= 4 is 25.3 Å². The fraction of sp³-hybridized carbons (Fsp3) is 0.333. The highest BCUT2D eigenvalue weighted by molar-refractivity contribution is 7.61. The van der Waals surface area contributed by atoms with Gasteiger partial charge >= 0.3 is 0 Å². The average molecular weight is 300 g/mol. The second-order valence-electron chi connectivity index (χ2n) is 6.81. The van der Waals surface area contributed by atoms with Gasteiger partial charge in [0.2, 0.25) is 0 Å². The Morgan fingerprint density at radius 2 is 1.15 bits per heavy atom. The lowest BCUT2D eigenvalue weighted by Crippen LogP contribution is -2.57. The van der Waals surface area contributed by atoms with E-state index in [1.165, 1.54) is 22.3 Å². The fourth-order valence-electron chi connectivity index (χ4n) is 4.37. The summed E-state index contributed by atoms with van der Waals surface area (Å²) in [6, 6.07) is 17.7. The maximum Gasteiger partial charge on any atom is 0.179 e. The molecule has 0 atom stereocenters. The van der Waals surface area contributed by atoms with E-state index in [-0.39, 0.29) is 14.9 Å². The van der Waals surface area contributed by atoms with Gasteiger partial charge in [-0.05, 0) is 25.3 Å². The van der Waals surface area contributed by atoms with Crippen LogP contribution < -0.4 is 0 Å². The molecular formula is C18H20S2+2. The molecule has 0 nitrogen and oxygen atoms in total. The molecule has 0 radical (unpaired) electrons. The van der Waals surface area contributed by atoms with Crippen molar-refractivity contribution in [2.45, 2.75) is 29.8 Å². The molecule has 0 aliphatic heterocycles. The topological polar surface area (TPSA) is 0 Å². The molecule has 0 N–H and O–H groups in total. The highest BCUT2D eigenvalue weighted by Gasteiger charge is 2.67. The van der Waals surface area contributed by atoms with Crippen LogP contribution in [-0.2, 0) is 34.8 Å². The summed E-state index contributed by atoms with van der Waals surface area (Å²) >= 11 is 8.39. The van der Waals surface area contributed by atoms with Gasteiger partial charge in [0.1, 0.15) is 0 Å². The first-order valence-corrected chi connectivity index (χ1v) is 8.11. The zero-order chi connectivity index (χ0) is 14.2. The van der Waals surface area contributed by atoms with E-state index in [0.717, 1.165) is 6.42 Å². The Labute approximate surface area is 131 Å². The van der Waals surface area contributed by atoms with Crippen molar-refractivity contribution in [3.63, 3.8) is 0 Å². The number of hydrogen-bond donors (Lipinski definition) is 0. The second kappa shape index (κ2) is 3.66. The maximum atomic E-state index is 4.22. The Morgan fingerprint density at radius 1 is 0.750 bits per heavy atom. The van der Waals surface area contributed by atoms with Crippen LogP contribution in [0.1, 0.15) is 42.5 Å². The van der Waals surface area contributed by atoms with Crippen LogP contribution in [0.2, 0.25) is 0 Å². The van der Waals surface area contributed by atoms with Gasteiger partial charge in [-0.1, -0.05) is 62.4 Å². The van der Waals surface area contributed by atoms with Crippen LogP contribution in [0, 0.1) is 5.41 Å². The summed E-state index contributed by atoms with van der Waals surface area (Å²) in [6.07, 6.45) is 1.09. The standard InChI is InChI=1S/C18H18S2/c1-16(2)11-17(19)12-7-3-5-9-14(12)18(16,20)15-10-6-4-8-13(15)17/h3-10,19-20H,11H2,1-2H3/p+2. The highest BCUT2D eigenvalue weighted by atomic mass is 32.1. The summed E-state index contributed by atoms with van der Waals surface area (Å²) in [7, 11) is 0. The molecule has 2 aromatic rings. The average Bonchev–Trinajstić information content (AvgIpc) is 2.43. The molecule has 3 aliphatic rings. The molecule has 0 amide bonds. The van der Waals surface area contributed by atoms with Crippen LogP contribution in [-0.4, -0.2) is 0 Å². The monoisotopic (exact) mass is 300 g/mol. The van der Waals surface area contributed by atoms with E-state index >= 15 is 0 Å². The van der Waals surface area contributed by atoms with E-state index in [0.29, 0.717) is 0 Å². The second-order valence-corrected chi connectivity index (χ2v) is 8.41. The minimum absolute atomic E-state index is 0.0644. The van der Waals surface area contributed by atoms with Crippen molar-refractivity contribution in [1.29, 1.82) is 0 Å². The van der Waals surface area contributed by atoms with Gasteiger partial charge in [0, 0.05) is 34.1 Å². The largest absolute Gasteiger partial charge is 0.179 e. The minimum Gasteiger partial charge on any atom is -0.0618 e. The third-order valence-electron chi connectivity index (χ3n) is 5.30. The van der Waals surface area contributed by atoms with E-state index in [1.54, 1.807) is 0 Å². The van der Waals surface area contributed by atoms with Crippen LogP contribution >= 0.6 is 0 Å². The van der Waals surface area contributed by atoms with Crippen LogP contribution in [0.4, 0.5) is 0 Å². The molecule has 0 heterocycles. The Kier molecular flexibility index (Phi) is 2.35. The number of benzene rings is 2. The molecule has 2 bridgehead atoms. The smallest absolute Gasteiger partial charge is 0.0618 e. The van der Waals surface area contributed by atoms with E-state index < -0.39 is 0 Å². The zero-order valence-corrected chi connectivity index (χ0v) is 13.8. The Bertz CT molecular complexity index is 667. The molecule has 0 aromatic heterocycles. The molecular weight excluding hydrogens is 280 g/mol. The van der Waals surface area contributed by atoms with Gasteiger partial charge in [-0.3, -0.25) is 0 Å². The van der Waals surface area contributed by atoms with Crippen molar-refractivity contribution in [3.8, 4) is 0 Å². The van der Waals surface area contributed by atoms with E-state index in [9.17, 15) is 0 Å². The summed E-state index contributed by atoms with van der Waals surface area (Å²) < 4.78 is -0.167. The first-order valence-electron chi connectivity index (χ1n) is 7.11. The molecule has 2 heteroatoms. The predicted octanol–water partition coefficient (Wildman–Crippen LogP) is 2.94. The lowest BCUT2D eigenvalue weighted by atomic mass is 9.52. The van der Waals surface area contributed by atoms with E-state index in [1.807, 2.05) is 0 Å². The van der Waals surface area contributed by atoms with Gasteiger partial charge < -0.3 is 0 Å². The molecule has 0 saturated heterocycles. The summed E-state index contributed by atoms with van der Waals surface area (Å²) in [6.45, 7) is 4.72. The van der Waals surface area contributed by atoms with Crippen molar-refractivity contribution in [2.75, 3.05) is 0 Å². The Balaban J connectivity index is 2.20. The SMILES string of the molecule is CC1(C)CC2([SH2+])c3ccccc3C1([SH2+])c1ccccc12. The molecule has 3 aliphatic carbocycles. The molecule has 0 spiro atoms. The van der Waals surface area contributed by atoms with Crippen LogP contribution in [0.3, 0.4) is 0 Å². The Hall–Kier alpha value is -0.860. The first kappa shape index (κ1) is 12.8. The molecule has 20 heavy (non-hydrogen) atoms. The van der Waals surface area contributed by atoms with Crippen molar-refractivity contribution < 1.29 is 0 Å². The predicted molar refractivity (Wildman–Crippen MR) is 93.2 cm³/mol. The summed E-state index contributed by atoms with van der Waals surface area (Å²) in [5, 5.41) is 0. The summed E-state index contributed by atoms with van der Waals surface area (Å²) in [4.78, 5) is 0. The maximum absolute atomic E-state index is 4.22. The number of hydrogen-bond acceptors (Lipinski definition) is 0. The summed E-state index contributed by atoms with van der Waals surface area (Å²) in [5.74, 6) is 0. The zero-order valence-electron chi connectivity index (χ0n) is 11.8. The van der Waals surface area contributed by atoms with Gasteiger partial charge in [-0.2, -0.15) is 0 Å². The molecule has 0 saturated carbocycles. The summed E-state index contributed by atoms with van der Waals surface area (Å²) in [5.41, 5.74) is 5.77. The van der Waals surface area contributed by atoms with Crippen LogP contribution in [0.5, 0.6) is 0 Å². The van der Waals surface area contributed by atoms with Gasteiger partial charge in [-0.15, -0.1) is 0 Å². The van der Waals surface area contributed by atoms with Gasteiger partial charge in [-0.25, -0.2) is 0 Å². The van der Waals surface area contributed by atoms with Crippen molar-refractivity contribution in [1.82, 2.24) is 0 Å². The van der Waals surface area contributed by atoms with E-state index in [2.05, 4.69) is 87.6 Å². The van der Waals surface area contributed by atoms with Gasteiger partial charge in [0.05, 0.1) is 0 Å². The number of rotatable bonds is 0. The van der Waals surface area contributed by atoms with E-state index in [4.69, 9.17) is 0 Å². The number of fused-ring (bicyclic) bond motifs is 1. The Morgan fingerprint density at radius 3 is 1.60 bits per heavy atom. The lowest BCUT2D eigenvalue weighted by Gasteiger charge is -2.54. The third kappa shape index (κ3) is 1.23. The normalized spacial score (nSPS) is 32.6. The first-order chi connectivity index (χ1) is 9.41. The third-order valence-corrected chi connectivity index (χ3v) is 7.23. The minimum atomic E-state index is -0.103. The molecule has 102 valence electrons. The fourth-order valence-corrected chi connectivity index (χ4v) is 5.77. The van der Waals surface area contributed by atoms with Crippen molar-refractivity contribution in [3.05, 3.63) is 70.8 Å². The van der Waals surface area contributed by atoms with Gasteiger partial charge in [0.25, 0.3) is 0 Å². The molecule has 2 aromatic carbocycles. The van der Waals surface area contributed by atoms with Crippen LogP contribution in [0.15, 0.2) is 48.5 Å². The van der Waals surface area contributed by atoms with Gasteiger partial charge in [0.15, 0.2) is 9.49 Å². The van der Waals surface area contributed by atoms with Crippen LogP contribution in [0.25, 0.3) is 0 Å². The molecule has 0 unspecified atom stereocenters.